The molecule has 1 aliphatic heterocycles. The number of imidazole rings is 2. The van der Waals surface area contributed by atoms with E-state index in [1.54, 1.807) is 18.3 Å². The van der Waals surface area contributed by atoms with Crippen LogP contribution in [0.2, 0.25) is 0 Å². The van der Waals surface area contributed by atoms with Crippen molar-refractivity contribution in [3.63, 3.8) is 0 Å². The number of benzene rings is 1. The Labute approximate surface area is 160 Å². The molecule has 0 radical (unpaired) electrons. The summed E-state index contributed by atoms with van der Waals surface area (Å²) in [6.07, 6.45) is 7.91. The van der Waals surface area contributed by atoms with E-state index in [9.17, 15) is 4.79 Å². The van der Waals surface area contributed by atoms with Gasteiger partial charge in [-0.2, -0.15) is 0 Å². The molecule has 1 aliphatic rings. The quantitative estimate of drug-likeness (QED) is 0.584. The van der Waals surface area contributed by atoms with Gasteiger partial charge >= 0.3 is 0 Å². The Morgan fingerprint density at radius 3 is 2.85 bits per heavy atom. The van der Waals surface area contributed by atoms with Gasteiger partial charge in [0.15, 0.2) is 4.96 Å². The lowest BCUT2D eigenvalue weighted by atomic mass is 10.1. The van der Waals surface area contributed by atoms with Gasteiger partial charge in [0.05, 0.1) is 23.6 Å². The molecule has 7 heteroatoms. The molecule has 0 bridgehead atoms. The minimum atomic E-state index is 0.0639. The molecule has 0 aliphatic carbocycles. The number of nitrogens with zero attached hydrogens (tertiary/aromatic N) is 4. The van der Waals surface area contributed by atoms with Crippen LogP contribution in [0.4, 0.5) is 0 Å². The van der Waals surface area contributed by atoms with Crippen LogP contribution in [0.5, 0.6) is 0 Å². The first kappa shape index (κ1) is 16.3. The van der Waals surface area contributed by atoms with Crippen LogP contribution in [-0.2, 0) is 4.79 Å². The van der Waals surface area contributed by atoms with E-state index in [1.807, 2.05) is 33.3 Å². The van der Waals surface area contributed by atoms with Crippen LogP contribution in [0.25, 0.3) is 27.5 Å². The molecule has 3 aromatic heterocycles. The number of amides is 1. The first-order valence-electron chi connectivity index (χ1n) is 9.04. The lowest BCUT2D eigenvalue weighted by Crippen LogP contribution is -2.28. The highest BCUT2D eigenvalue weighted by atomic mass is 32.1. The zero-order valence-electron chi connectivity index (χ0n) is 14.9. The fourth-order valence-corrected chi connectivity index (χ4v) is 4.47. The summed E-state index contributed by atoms with van der Waals surface area (Å²) in [5.41, 5.74) is 4.11. The molecule has 1 unspecified atom stereocenters. The Morgan fingerprint density at radius 2 is 2.07 bits per heavy atom. The van der Waals surface area contributed by atoms with Gasteiger partial charge in [-0.1, -0.05) is 24.3 Å². The van der Waals surface area contributed by atoms with Crippen molar-refractivity contribution in [1.82, 2.24) is 24.3 Å². The molecular formula is C20H19N5OS. The average Bonchev–Trinajstić information content (AvgIpc) is 3.43. The maximum atomic E-state index is 11.8. The molecule has 1 amide bonds. The molecule has 1 aromatic carbocycles. The van der Waals surface area contributed by atoms with Gasteiger partial charge in [0.1, 0.15) is 5.82 Å². The van der Waals surface area contributed by atoms with Gasteiger partial charge < -0.3 is 9.88 Å². The maximum Gasteiger partial charge on any atom is 0.220 e. The van der Waals surface area contributed by atoms with E-state index < -0.39 is 0 Å². The lowest BCUT2D eigenvalue weighted by molar-refractivity contribution is -0.129. The number of hydrogen-bond donors (Lipinski definition) is 1. The van der Waals surface area contributed by atoms with Crippen molar-refractivity contribution < 1.29 is 4.79 Å². The van der Waals surface area contributed by atoms with Crippen LogP contribution in [0.15, 0.2) is 48.2 Å². The fraction of sp³-hybridized carbons (Fsp3) is 0.250. The standard InChI is InChI=1S/C20H19N5OS/c1-13(26)25-8-2-3-18(25)19-21-11-16(22-19)14-4-6-15(7-5-14)17-12-24-9-10-27-20(24)23-17/h4-7,9-12,18H,2-3,8H2,1H3,(H,21,22). The zero-order chi connectivity index (χ0) is 18.4. The van der Waals surface area contributed by atoms with Gasteiger partial charge in [0.2, 0.25) is 5.91 Å². The van der Waals surface area contributed by atoms with Crippen molar-refractivity contribution in [3.05, 3.63) is 54.1 Å². The third kappa shape index (κ3) is 2.84. The summed E-state index contributed by atoms with van der Waals surface area (Å²) in [6.45, 7) is 2.44. The lowest BCUT2D eigenvalue weighted by Gasteiger charge is -2.21. The van der Waals surface area contributed by atoms with Gasteiger partial charge in [-0.3, -0.25) is 9.20 Å². The van der Waals surface area contributed by atoms with Crippen LogP contribution in [-0.4, -0.2) is 36.7 Å². The van der Waals surface area contributed by atoms with Gasteiger partial charge in [-0.05, 0) is 18.4 Å². The minimum absolute atomic E-state index is 0.0639. The second kappa shape index (κ2) is 6.35. The molecule has 0 spiro atoms. The third-order valence-corrected chi connectivity index (χ3v) is 5.92. The number of likely N-dealkylation sites (tertiary alicyclic amines) is 1. The largest absolute Gasteiger partial charge is 0.340 e. The summed E-state index contributed by atoms with van der Waals surface area (Å²) in [6, 6.07) is 8.39. The summed E-state index contributed by atoms with van der Waals surface area (Å²) in [4.78, 5) is 27.3. The van der Waals surface area contributed by atoms with Gasteiger partial charge in [0.25, 0.3) is 0 Å². The fourth-order valence-electron chi connectivity index (χ4n) is 3.77. The van der Waals surface area contributed by atoms with E-state index >= 15 is 0 Å². The number of aromatic amines is 1. The Balaban J connectivity index is 1.40. The van der Waals surface area contributed by atoms with E-state index in [-0.39, 0.29) is 11.9 Å². The van der Waals surface area contributed by atoms with Gasteiger partial charge in [0, 0.05) is 36.8 Å². The SMILES string of the molecule is CC(=O)N1CCCC1c1ncc(-c2ccc(-c3cn4ccsc4n3)cc2)[nH]1. The van der Waals surface area contributed by atoms with E-state index in [2.05, 4.69) is 39.2 Å². The maximum absolute atomic E-state index is 11.8. The number of H-pyrrole nitrogens is 1. The van der Waals surface area contributed by atoms with Crippen molar-refractivity contribution in [1.29, 1.82) is 0 Å². The van der Waals surface area contributed by atoms with Gasteiger partial charge in [-0.25, -0.2) is 9.97 Å². The number of hydrogen-bond acceptors (Lipinski definition) is 4. The molecule has 1 N–H and O–H groups in total. The monoisotopic (exact) mass is 377 g/mol. The summed E-state index contributed by atoms with van der Waals surface area (Å²) < 4.78 is 2.04. The molecule has 1 saturated heterocycles. The predicted octanol–water partition coefficient (Wildman–Crippen LogP) is 4.14. The normalized spacial score (nSPS) is 17.1. The van der Waals surface area contributed by atoms with E-state index in [4.69, 9.17) is 0 Å². The number of thiazole rings is 1. The number of aromatic nitrogens is 4. The van der Waals surface area contributed by atoms with Crippen molar-refractivity contribution >= 4 is 22.2 Å². The molecular weight excluding hydrogens is 358 g/mol. The number of rotatable bonds is 3. The first-order chi connectivity index (χ1) is 13.2. The Hall–Kier alpha value is -2.93. The Bertz CT molecular complexity index is 1080. The average molecular weight is 377 g/mol. The van der Waals surface area contributed by atoms with Crippen molar-refractivity contribution in [3.8, 4) is 22.5 Å². The Morgan fingerprint density at radius 1 is 1.26 bits per heavy atom. The van der Waals surface area contributed by atoms with Crippen LogP contribution < -0.4 is 0 Å². The summed E-state index contributed by atoms with van der Waals surface area (Å²) in [7, 11) is 0. The van der Waals surface area contributed by atoms with Crippen LogP contribution in [0.1, 0.15) is 31.6 Å². The topological polar surface area (TPSA) is 66.3 Å². The highest BCUT2D eigenvalue weighted by Gasteiger charge is 2.30. The van der Waals surface area contributed by atoms with E-state index in [1.165, 1.54) is 0 Å². The molecule has 6 nitrogen and oxygen atoms in total. The Kier molecular flexibility index (Phi) is 3.82. The molecule has 4 heterocycles. The summed E-state index contributed by atoms with van der Waals surface area (Å²) in [5.74, 6) is 0.982. The number of carbonyl (C=O) groups is 1. The number of nitrogens with one attached hydrogen (secondary N) is 1. The predicted molar refractivity (Wildman–Crippen MR) is 105 cm³/mol. The summed E-state index contributed by atoms with van der Waals surface area (Å²) in [5, 5.41) is 2.03. The number of carbonyl (C=O) groups excluding carboxylic acids is 1. The molecule has 0 saturated carbocycles. The first-order valence-corrected chi connectivity index (χ1v) is 9.92. The van der Waals surface area contributed by atoms with Crippen molar-refractivity contribution in [2.24, 2.45) is 0 Å². The van der Waals surface area contributed by atoms with Crippen LogP contribution in [0.3, 0.4) is 0 Å². The van der Waals surface area contributed by atoms with Crippen LogP contribution >= 0.6 is 11.3 Å². The van der Waals surface area contributed by atoms with Crippen LogP contribution in [0, 0.1) is 0 Å². The molecule has 1 fully saturated rings. The zero-order valence-corrected chi connectivity index (χ0v) is 15.7. The van der Waals surface area contributed by atoms with E-state index in [0.29, 0.717) is 0 Å². The smallest absolute Gasteiger partial charge is 0.220 e. The molecule has 136 valence electrons. The minimum Gasteiger partial charge on any atom is -0.340 e. The second-order valence-corrected chi connectivity index (χ2v) is 7.72. The van der Waals surface area contributed by atoms with Gasteiger partial charge in [-0.15, -0.1) is 11.3 Å². The third-order valence-electron chi connectivity index (χ3n) is 5.15. The number of fused-ring (bicyclic) bond motifs is 1. The van der Waals surface area contributed by atoms with E-state index in [0.717, 1.165) is 52.7 Å². The van der Waals surface area contributed by atoms with Crippen molar-refractivity contribution in [2.75, 3.05) is 6.54 Å². The molecule has 27 heavy (non-hydrogen) atoms. The summed E-state index contributed by atoms with van der Waals surface area (Å²) >= 11 is 1.63. The highest BCUT2D eigenvalue weighted by Crippen LogP contribution is 2.32. The molecule has 5 rings (SSSR count). The molecule has 1 atom stereocenters. The highest BCUT2D eigenvalue weighted by molar-refractivity contribution is 7.15. The second-order valence-electron chi connectivity index (χ2n) is 6.85. The van der Waals surface area contributed by atoms with Crippen molar-refractivity contribution in [2.45, 2.75) is 25.8 Å². The molecule has 4 aromatic rings.